The Labute approximate surface area is 222 Å². The first-order chi connectivity index (χ1) is 18.5. The number of amides is 1. The number of Topliss-reactive ketones (excluding diaryl/α,β-unsaturated/α-hetero) is 4. The van der Waals surface area contributed by atoms with Gasteiger partial charge in [-0.2, -0.15) is 0 Å². The van der Waals surface area contributed by atoms with Gasteiger partial charge in [-0.25, -0.2) is 0 Å². The summed E-state index contributed by atoms with van der Waals surface area (Å²) in [6, 6.07) is 7.19. The summed E-state index contributed by atoms with van der Waals surface area (Å²) in [5.41, 5.74) is 4.41. The van der Waals surface area contributed by atoms with Crippen molar-refractivity contribution in [3.05, 3.63) is 41.5 Å². The molecule has 0 aromatic heterocycles. The Morgan fingerprint density at radius 1 is 1.05 bits per heavy atom. The van der Waals surface area contributed by atoms with Gasteiger partial charge in [-0.1, -0.05) is 12.1 Å². The van der Waals surface area contributed by atoms with E-state index in [0.29, 0.717) is 28.2 Å². The Hall–Kier alpha value is -4.09. The number of carbonyl (C=O) groups excluding carboxylic acids is 5. The number of hydrogen-bond donors (Lipinski definition) is 3. The molecule has 3 aliphatic carbocycles. The molecule has 6 atom stereocenters. The Morgan fingerprint density at radius 3 is 2.46 bits per heavy atom. The van der Waals surface area contributed by atoms with Gasteiger partial charge in [0.05, 0.1) is 17.5 Å². The summed E-state index contributed by atoms with van der Waals surface area (Å²) >= 11 is 0. The molecule has 0 spiro atoms. The van der Waals surface area contributed by atoms with Crippen molar-refractivity contribution >= 4 is 29.0 Å². The number of ether oxygens (including phenoxy) is 2. The molecule has 0 bridgehead atoms. The summed E-state index contributed by atoms with van der Waals surface area (Å²) in [7, 11) is 3.09. The first kappa shape index (κ1) is 25.2. The van der Waals surface area contributed by atoms with Crippen LogP contribution in [0.15, 0.2) is 30.3 Å². The minimum Gasteiger partial charge on any atom is -0.507 e. The molecule has 4 aliphatic rings. The normalized spacial score (nSPS) is 31.1. The van der Waals surface area contributed by atoms with E-state index in [1.54, 1.807) is 38.4 Å². The van der Waals surface area contributed by atoms with E-state index >= 15 is 0 Å². The topological polar surface area (TPSA) is 174 Å². The highest BCUT2D eigenvalue weighted by Gasteiger charge is 2.69. The summed E-state index contributed by atoms with van der Waals surface area (Å²) in [5.74, 6) is -9.62. The highest BCUT2D eigenvalue weighted by molar-refractivity contribution is 6.32. The van der Waals surface area contributed by atoms with E-state index in [2.05, 4.69) is 0 Å². The molecule has 202 valence electrons. The fourth-order valence-electron chi connectivity index (χ4n) is 6.94. The fraction of sp³-hybridized carbons (Fsp3) is 0.393. The van der Waals surface area contributed by atoms with Gasteiger partial charge >= 0.3 is 0 Å². The first-order valence-electron chi connectivity index (χ1n) is 12.6. The fourth-order valence-corrected chi connectivity index (χ4v) is 6.94. The van der Waals surface area contributed by atoms with E-state index in [9.17, 15) is 34.2 Å². The van der Waals surface area contributed by atoms with Crippen molar-refractivity contribution in [3.8, 4) is 28.4 Å². The monoisotopic (exact) mass is 534 g/mol. The lowest BCUT2D eigenvalue weighted by Gasteiger charge is -2.52. The molecule has 11 nitrogen and oxygen atoms in total. The second-order valence-electron chi connectivity index (χ2n) is 10.8. The van der Waals surface area contributed by atoms with Crippen molar-refractivity contribution in [1.82, 2.24) is 4.90 Å². The molecular formula is C28H26N2O9. The van der Waals surface area contributed by atoms with E-state index in [1.165, 1.54) is 11.0 Å². The van der Waals surface area contributed by atoms with Crippen LogP contribution in [0.1, 0.15) is 22.3 Å². The SMILES string of the molecule is CN(C)C1C(=O)C(C(N)=O)C(=O)C2(O)C(=O)C3C(=O)c4c(O)ccc(-c5ccc6c(c5)OCO6)c4CC3CC12. The van der Waals surface area contributed by atoms with Crippen LogP contribution in [0.4, 0.5) is 0 Å². The standard InChI is InChI=1S/C28H26N2O9/c1-30(2)22-15-8-12-7-14-13(11-3-6-17-18(9-11)39-10-38-17)4-5-16(31)20(14)23(32)19(12)25(34)28(15,37)26(35)21(24(22)33)27(29)36/h3-6,9,12,15,19,21-22,31,37H,7-8,10H2,1-2H3,(H2,29,36). The summed E-state index contributed by atoms with van der Waals surface area (Å²) in [6.45, 7) is 0.0855. The molecule has 0 radical (unpaired) electrons. The van der Waals surface area contributed by atoms with Crippen LogP contribution >= 0.6 is 0 Å². The molecule has 2 aromatic carbocycles. The molecule has 1 aliphatic heterocycles. The number of ketones is 4. The van der Waals surface area contributed by atoms with E-state index in [-0.39, 0.29) is 30.9 Å². The van der Waals surface area contributed by atoms with E-state index in [0.717, 1.165) is 0 Å². The highest BCUT2D eigenvalue weighted by atomic mass is 16.7. The number of phenols is 1. The van der Waals surface area contributed by atoms with Crippen LogP contribution in [0.3, 0.4) is 0 Å². The summed E-state index contributed by atoms with van der Waals surface area (Å²) in [6.07, 6.45) is 0.157. The maximum atomic E-state index is 13.9. The van der Waals surface area contributed by atoms with E-state index in [1.807, 2.05) is 0 Å². The first-order valence-corrected chi connectivity index (χ1v) is 12.6. The van der Waals surface area contributed by atoms with Crippen molar-refractivity contribution in [2.75, 3.05) is 20.9 Å². The van der Waals surface area contributed by atoms with Gasteiger partial charge in [0.1, 0.15) is 5.75 Å². The molecule has 1 heterocycles. The largest absolute Gasteiger partial charge is 0.507 e. The molecule has 2 saturated carbocycles. The maximum absolute atomic E-state index is 13.9. The summed E-state index contributed by atoms with van der Waals surface area (Å²) < 4.78 is 10.9. The molecule has 2 fully saturated rings. The number of fused-ring (bicyclic) bond motifs is 4. The third-order valence-electron chi connectivity index (χ3n) is 8.63. The number of aliphatic hydroxyl groups is 1. The van der Waals surface area contributed by atoms with Gasteiger partial charge in [-0.3, -0.25) is 28.9 Å². The Kier molecular flexibility index (Phi) is 5.46. The second kappa shape index (κ2) is 8.45. The number of likely N-dealkylation sites (N-methyl/N-ethyl adjacent to an activating group) is 1. The van der Waals surface area contributed by atoms with Gasteiger partial charge in [0.25, 0.3) is 0 Å². The highest BCUT2D eigenvalue weighted by Crippen LogP contribution is 2.52. The number of carbonyl (C=O) groups is 5. The number of nitrogens with zero attached hydrogens (tertiary/aromatic N) is 1. The molecule has 1 amide bonds. The van der Waals surface area contributed by atoms with E-state index in [4.69, 9.17) is 15.2 Å². The summed E-state index contributed by atoms with van der Waals surface area (Å²) in [5, 5.41) is 22.4. The molecule has 6 unspecified atom stereocenters. The predicted octanol–water partition coefficient (Wildman–Crippen LogP) is 0.263. The van der Waals surface area contributed by atoms with Crippen LogP contribution in [0.5, 0.6) is 17.2 Å². The zero-order valence-corrected chi connectivity index (χ0v) is 21.2. The smallest absolute Gasteiger partial charge is 0.235 e. The van der Waals surface area contributed by atoms with Crippen molar-refractivity contribution in [2.45, 2.75) is 24.5 Å². The third-order valence-corrected chi connectivity index (χ3v) is 8.63. The molecular weight excluding hydrogens is 508 g/mol. The van der Waals surface area contributed by atoms with Gasteiger partial charge < -0.3 is 25.4 Å². The zero-order valence-electron chi connectivity index (χ0n) is 21.2. The average molecular weight is 535 g/mol. The molecule has 4 N–H and O–H groups in total. The van der Waals surface area contributed by atoms with E-state index < -0.39 is 64.4 Å². The van der Waals surface area contributed by atoms with Crippen LogP contribution in [-0.4, -0.2) is 76.7 Å². The van der Waals surface area contributed by atoms with Crippen molar-refractivity contribution < 1.29 is 43.7 Å². The number of hydrogen-bond acceptors (Lipinski definition) is 10. The van der Waals surface area contributed by atoms with Crippen LogP contribution in [0.25, 0.3) is 11.1 Å². The van der Waals surface area contributed by atoms with Crippen molar-refractivity contribution in [1.29, 1.82) is 0 Å². The van der Waals surface area contributed by atoms with Gasteiger partial charge in [0.2, 0.25) is 12.7 Å². The number of primary amides is 1. The van der Waals surface area contributed by atoms with Crippen molar-refractivity contribution in [3.63, 3.8) is 0 Å². The third kappa shape index (κ3) is 3.32. The zero-order chi connectivity index (χ0) is 28.0. The van der Waals surface area contributed by atoms with Crippen LogP contribution in [0.2, 0.25) is 0 Å². The lowest BCUT2D eigenvalue weighted by atomic mass is 9.52. The van der Waals surface area contributed by atoms with Gasteiger partial charge in [-0.15, -0.1) is 0 Å². The van der Waals surface area contributed by atoms with Crippen LogP contribution in [0, 0.1) is 23.7 Å². The quantitative estimate of drug-likeness (QED) is 0.464. The van der Waals surface area contributed by atoms with Crippen LogP contribution in [-0.2, 0) is 25.6 Å². The molecule has 11 heteroatoms. The lowest BCUT2D eigenvalue weighted by Crippen LogP contribution is -2.74. The number of phenolic OH excluding ortho intramolecular Hbond substituents is 1. The average Bonchev–Trinajstić information content (AvgIpc) is 3.34. The van der Waals surface area contributed by atoms with Crippen molar-refractivity contribution in [2.24, 2.45) is 29.4 Å². The molecule has 6 rings (SSSR count). The second-order valence-corrected chi connectivity index (χ2v) is 10.8. The minimum absolute atomic E-state index is 0.0138. The molecule has 2 aromatic rings. The molecule has 39 heavy (non-hydrogen) atoms. The molecule has 0 saturated heterocycles. The number of rotatable bonds is 3. The number of aromatic hydroxyl groups is 1. The maximum Gasteiger partial charge on any atom is 0.235 e. The lowest BCUT2D eigenvalue weighted by molar-refractivity contribution is -0.181. The van der Waals surface area contributed by atoms with Gasteiger partial charge in [0, 0.05) is 5.92 Å². The number of nitrogens with two attached hydrogens (primary N) is 1. The Bertz CT molecular complexity index is 1500. The summed E-state index contributed by atoms with van der Waals surface area (Å²) in [4.78, 5) is 67.9. The Balaban J connectivity index is 1.48. The van der Waals surface area contributed by atoms with Gasteiger partial charge in [0.15, 0.2) is 46.2 Å². The predicted molar refractivity (Wildman–Crippen MR) is 133 cm³/mol. The Morgan fingerprint density at radius 2 is 1.77 bits per heavy atom. The van der Waals surface area contributed by atoms with Crippen LogP contribution < -0.4 is 15.2 Å². The minimum atomic E-state index is -2.75. The number of benzene rings is 2. The van der Waals surface area contributed by atoms with Gasteiger partial charge in [-0.05, 0) is 67.7 Å².